The third kappa shape index (κ3) is 4.98. The van der Waals surface area contributed by atoms with Crippen LogP contribution in [0.15, 0.2) is 50.5 Å². The first kappa shape index (κ1) is 23.0. The van der Waals surface area contributed by atoms with E-state index in [-0.39, 0.29) is 11.3 Å². The van der Waals surface area contributed by atoms with Crippen LogP contribution < -0.4 is 5.63 Å². The predicted octanol–water partition coefficient (Wildman–Crippen LogP) is 6.60. The molecule has 3 nitrogen and oxygen atoms in total. The SMILES string of the molecule is Cc1cc(C)c(-c2c(O)c(C)c(CCSc3ccc(C(F)(F)F)cc3)oc2=O)c(C)c1. The van der Waals surface area contributed by atoms with E-state index in [1.165, 1.54) is 23.9 Å². The van der Waals surface area contributed by atoms with E-state index in [9.17, 15) is 23.1 Å². The lowest BCUT2D eigenvalue weighted by Gasteiger charge is -2.15. The zero-order valence-electron chi connectivity index (χ0n) is 17.7. The van der Waals surface area contributed by atoms with Crippen molar-refractivity contribution in [3.05, 3.63) is 80.4 Å². The van der Waals surface area contributed by atoms with Gasteiger partial charge in [0.1, 0.15) is 17.1 Å². The summed E-state index contributed by atoms with van der Waals surface area (Å²) in [5, 5.41) is 10.8. The number of hydrogen-bond acceptors (Lipinski definition) is 4. The number of aromatic hydroxyl groups is 1. The molecule has 0 bridgehead atoms. The normalized spacial score (nSPS) is 11.7. The van der Waals surface area contributed by atoms with Crippen LogP contribution in [0.1, 0.15) is 33.6 Å². The van der Waals surface area contributed by atoms with Gasteiger partial charge in [0.25, 0.3) is 0 Å². The average Bonchev–Trinajstić information content (AvgIpc) is 2.67. The lowest BCUT2D eigenvalue weighted by Crippen LogP contribution is -2.10. The van der Waals surface area contributed by atoms with Crippen molar-refractivity contribution in [2.24, 2.45) is 0 Å². The number of thioether (sulfide) groups is 1. The van der Waals surface area contributed by atoms with Crippen molar-refractivity contribution in [2.45, 2.75) is 45.2 Å². The summed E-state index contributed by atoms with van der Waals surface area (Å²) in [5.41, 5.74) is 2.85. The number of rotatable bonds is 5. The van der Waals surface area contributed by atoms with Crippen LogP contribution in [0.4, 0.5) is 13.2 Å². The van der Waals surface area contributed by atoms with Gasteiger partial charge in [-0.3, -0.25) is 0 Å². The first-order valence-corrected chi connectivity index (χ1v) is 10.7. The van der Waals surface area contributed by atoms with Gasteiger partial charge in [-0.25, -0.2) is 4.79 Å². The second-order valence-corrected chi connectivity index (χ2v) is 8.72. The molecule has 0 aliphatic heterocycles. The van der Waals surface area contributed by atoms with Crippen molar-refractivity contribution in [2.75, 3.05) is 5.75 Å². The van der Waals surface area contributed by atoms with Crippen LogP contribution in [0.5, 0.6) is 5.75 Å². The molecule has 0 saturated carbocycles. The van der Waals surface area contributed by atoms with E-state index in [4.69, 9.17) is 4.42 Å². The van der Waals surface area contributed by atoms with Crippen LogP contribution in [0.3, 0.4) is 0 Å². The summed E-state index contributed by atoms with van der Waals surface area (Å²) in [5.74, 6) is 0.755. The lowest BCUT2D eigenvalue weighted by atomic mass is 9.93. The van der Waals surface area contributed by atoms with E-state index in [1.807, 2.05) is 32.9 Å². The maximum atomic E-state index is 12.7. The van der Waals surface area contributed by atoms with Gasteiger partial charge in [0.05, 0.1) is 5.56 Å². The summed E-state index contributed by atoms with van der Waals surface area (Å²) in [6.45, 7) is 7.43. The van der Waals surface area contributed by atoms with E-state index in [2.05, 4.69) is 0 Å². The predicted molar refractivity (Wildman–Crippen MR) is 117 cm³/mol. The van der Waals surface area contributed by atoms with Crippen LogP contribution in [0.2, 0.25) is 0 Å². The highest BCUT2D eigenvalue weighted by Crippen LogP contribution is 2.36. The fourth-order valence-corrected chi connectivity index (χ4v) is 4.54. The molecule has 7 heteroatoms. The fraction of sp³-hybridized carbons (Fsp3) is 0.292. The molecule has 1 N–H and O–H groups in total. The van der Waals surface area contributed by atoms with Gasteiger partial charge in [-0.05, 0) is 68.7 Å². The van der Waals surface area contributed by atoms with Crippen molar-refractivity contribution >= 4 is 11.8 Å². The number of alkyl halides is 3. The van der Waals surface area contributed by atoms with E-state index < -0.39 is 17.4 Å². The molecule has 0 aliphatic carbocycles. The summed E-state index contributed by atoms with van der Waals surface area (Å²) in [6, 6.07) is 8.82. The van der Waals surface area contributed by atoms with Crippen LogP contribution in [-0.4, -0.2) is 10.9 Å². The molecule has 0 amide bonds. The Morgan fingerprint density at radius 2 is 1.55 bits per heavy atom. The largest absolute Gasteiger partial charge is 0.507 e. The molecule has 3 rings (SSSR count). The van der Waals surface area contributed by atoms with Gasteiger partial charge in [0.15, 0.2) is 0 Å². The van der Waals surface area contributed by atoms with E-state index in [0.29, 0.717) is 34.0 Å². The summed E-state index contributed by atoms with van der Waals surface area (Å²) in [7, 11) is 0. The van der Waals surface area contributed by atoms with Crippen LogP contribution in [0.25, 0.3) is 11.1 Å². The fourth-order valence-electron chi connectivity index (χ4n) is 3.69. The Morgan fingerprint density at radius 3 is 2.10 bits per heavy atom. The van der Waals surface area contributed by atoms with E-state index in [0.717, 1.165) is 28.8 Å². The lowest BCUT2D eigenvalue weighted by molar-refractivity contribution is -0.137. The van der Waals surface area contributed by atoms with Gasteiger partial charge in [0, 0.05) is 22.6 Å². The highest BCUT2D eigenvalue weighted by atomic mass is 32.2. The van der Waals surface area contributed by atoms with Gasteiger partial charge >= 0.3 is 11.8 Å². The number of hydrogen-bond donors (Lipinski definition) is 1. The molecular weight excluding hydrogens is 425 g/mol. The zero-order chi connectivity index (χ0) is 22.9. The summed E-state index contributed by atoms with van der Waals surface area (Å²) in [6.07, 6.45) is -4.01. The summed E-state index contributed by atoms with van der Waals surface area (Å²) >= 11 is 1.35. The third-order valence-electron chi connectivity index (χ3n) is 5.14. The van der Waals surface area contributed by atoms with Crippen molar-refractivity contribution in [1.29, 1.82) is 0 Å². The van der Waals surface area contributed by atoms with Crippen LogP contribution in [0, 0.1) is 27.7 Å². The smallest absolute Gasteiger partial charge is 0.416 e. The van der Waals surface area contributed by atoms with E-state index >= 15 is 0 Å². The molecule has 0 unspecified atom stereocenters. The van der Waals surface area contributed by atoms with Crippen molar-refractivity contribution < 1.29 is 22.7 Å². The van der Waals surface area contributed by atoms with Gasteiger partial charge in [-0.2, -0.15) is 13.2 Å². The maximum absolute atomic E-state index is 12.7. The quantitative estimate of drug-likeness (QED) is 0.447. The van der Waals surface area contributed by atoms with Gasteiger partial charge in [0.2, 0.25) is 0 Å². The molecule has 2 aromatic carbocycles. The Morgan fingerprint density at radius 1 is 0.968 bits per heavy atom. The highest BCUT2D eigenvalue weighted by molar-refractivity contribution is 7.99. The molecule has 0 fully saturated rings. The van der Waals surface area contributed by atoms with Crippen molar-refractivity contribution in [3.63, 3.8) is 0 Å². The minimum absolute atomic E-state index is 0.0965. The Kier molecular flexibility index (Phi) is 6.55. The van der Waals surface area contributed by atoms with Crippen molar-refractivity contribution in [1.82, 2.24) is 0 Å². The topological polar surface area (TPSA) is 50.4 Å². The van der Waals surface area contributed by atoms with Gasteiger partial charge in [-0.1, -0.05) is 17.7 Å². The number of halogens is 3. The Balaban J connectivity index is 1.81. The summed E-state index contributed by atoms with van der Waals surface area (Å²) in [4.78, 5) is 13.4. The number of aryl methyl sites for hydroxylation is 4. The van der Waals surface area contributed by atoms with E-state index in [1.54, 1.807) is 6.92 Å². The minimum Gasteiger partial charge on any atom is -0.507 e. The van der Waals surface area contributed by atoms with Crippen molar-refractivity contribution in [3.8, 4) is 16.9 Å². The van der Waals surface area contributed by atoms with Crippen LogP contribution >= 0.6 is 11.8 Å². The highest BCUT2D eigenvalue weighted by Gasteiger charge is 2.30. The average molecular weight is 449 g/mol. The second kappa shape index (κ2) is 8.83. The Labute approximate surface area is 182 Å². The monoisotopic (exact) mass is 448 g/mol. The van der Waals surface area contributed by atoms with Crippen LogP contribution in [-0.2, 0) is 12.6 Å². The first-order chi connectivity index (χ1) is 14.5. The molecular formula is C24H23F3O3S. The Bertz CT molecular complexity index is 1140. The molecule has 31 heavy (non-hydrogen) atoms. The molecule has 1 heterocycles. The molecule has 0 radical (unpaired) electrons. The standard InChI is InChI=1S/C24H23F3O3S/c1-13-11-14(2)20(15(3)12-13)21-22(28)16(4)19(30-23(21)29)9-10-31-18-7-5-17(6-8-18)24(25,26)27/h5-8,11-12,28H,9-10H2,1-4H3. The summed E-state index contributed by atoms with van der Waals surface area (Å²) < 4.78 is 43.5. The molecule has 0 atom stereocenters. The molecule has 0 spiro atoms. The molecule has 0 saturated heterocycles. The first-order valence-electron chi connectivity index (χ1n) is 9.73. The molecule has 1 aromatic heterocycles. The molecule has 0 aliphatic rings. The zero-order valence-corrected chi connectivity index (χ0v) is 18.5. The minimum atomic E-state index is -4.36. The molecule has 164 valence electrons. The van der Waals surface area contributed by atoms with Gasteiger partial charge in [-0.15, -0.1) is 11.8 Å². The second-order valence-electron chi connectivity index (χ2n) is 7.56. The maximum Gasteiger partial charge on any atom is 0.416 e. The third-order valence-corrected chi connectivity index (χ3v) is 6.15. The number of benzene rings is 2. The Hall–Kier alpha value is -2.67. The van der Waals surface area contributed by atoms with Gasteiger partial charge < -0.3 is 9.52 Å². The molecule has 3 aromatic rings.